The van der Waals surface area contributed by atoms with Crippen molar-refractivity contribution in [3.8, 4) is 11.1 Å². The lowest BCUT2D eigenvalue weighted by atomic mass is 10.0. The molecule has 0 aliphatic carbocycles. The SMILES string of the molecule is CCNC(C)c1ccc(-c2cccc(F)c2F)cc1Cl. The highest BCUT2D eigenvalue weighted by molar-refractivity contribution is 6.31. The van der Waals surface area contributed by atoms with Gasteiger partial charge in [0.15, 0.2) is 11.6 Å². The normalized spacial score (nSPS) is 12.4. The summed E-state index contributed by atoms with van der Waals surface area (Å²) in [7, 11) is 0. The van der Waals surface area contributed by atoms with Crippen molar-refractivity contribution in [3.05, 3.63) is 58.6 Å². The van der Waals surface area contributed by atoms with E-state index in [0.29, 0.717) is 10.6 Å². The monoisotopic (exact) mass is 295 g/mol. The largest absolute Gasteiger partial charge is 0.310 e. The molecule has 0 spiro atoms. The van der Waals surface area contributed by atoms with Crippen LogP contribution in [-0.2, 0) is 0 Å². The van der Waals surface area contributed by atoms with E-state index in [1.807, 2.05) is 19.9 Å². The molecule has 0 aliphatic rings. The number of halogens is 3. The summed E-state index contributed by atoms with van der Waals surface area (Å²) in [6, 6.07) is 9.50. The highest BCUT2D eigenvalue weighted by Crippen LogP contribution is 2.30. The lowest BCUT2D eigenvalue weighted by Crippen LogP contribution is -2.17. The van der Waals surface area contributed by atoms with Crippen LogP contribution in [-0.4, -0.2) is 6.54 Å². The van der Waals surface area contributed by atoms with Crippen LogP contribution in [0.1, 0.15) is 25.5 Å². The van der Waals surface area contributed by atoms with Gasteiger partial charge in [0.2, 0.25) is 0 Å². The number of hydrogen-bond donors (Lipinski definition) is 1. The summed E-state index contributed by atoms with van der Waals surface area (Å²) in [4.78, 5) is 0. The molecule has 1 unspecified atom stereocenters. The van der Waals surface area contributed by atoms with Crippen LogP contribution in [0.5, 0.6) is 0 Å². The van der Waals surface area contributed by atoms with Crippen LogP contribution in [0, 0.1) is 11.6 Å². The molecule has 0 saturated heterocycles. The molecule has 0 amide bonds. The number of nitrogens with one attached hydrogen (secondary N) is 1. The molecule has 0 radical (unpaired) electrons. The van der Waals surface area contributed by atoms with Crippen molar-refractivity contribution in [1.29, 1.82) is 0 Å². The fraction of sp³-hybridized carbons (Fsp3) is 0.250. The van der Waals surface area contributed by atoms with E-state index in [2.05, 4.69) is 5.32 Å². The first-order valence-electron chi connectivity index (χ1n) is 6.51. The van der Waals surface area contributed by atoms with Gasteiger partial charge in [0.1, 0.15) is 0 Å². The maximum atomic E-state index is 13.8. The Balaban J connectivity index is 2.41. The summed E-state index contributed by atoms with van der Waals surface area (Å²) < 4.78 is 27.0. The molecule has 106 valence electrons. The molecule has 2 aromatic rings. The highest BCUT2D eigenvalue weighted by atomic mass is 35.5. The summed E-state index contributed by atoms with van der Waals surface area (Å²) in [6.45, 7) is 4.85. The molecular formula is C16H16ClF2N. The van der Waals surface area contributed by atoms with Crippen molar-refractivity contribution in [1.82, 2.24) is 5.32 Å². The zero-order valence-electron chi connectivity index (χ0n) is 11.4. The maximum absolute atomic E-state index is 13.8. The second-order valence-electron chi connectivity index (χ2n) is 4.62. The average molecular weight is 296 g/mol. The number of rotatable bonds is 4. The fourth-order valence-corrected chi connectivity index (χ4v) is 2.53. The molecule has 2 rings (SSSR count). The van der Waals surface area contributed by atoms with E-state index in [1.165, 1.54) is 12.1 Å². The molecule has 0 heterocycles. The van der Waals surface area contributed by atoms with Crippen molar-refractivity contribution in [2.75, 3.05) is 6.54 Å². The van der Waals surface area contributed by atoms with Crippen LogP contribution in [0.3, 0.4) is 0 Å². The van der Waals surface area contributed by atoms with Crippen molar-refractivity contribution < 1.29 is 8.78 Å². The molecule has 1 nitrogen and oxygen atoms in total. The summed E-state index contributed by atoms with van der Waals surface area (Å²) in [5.41, 5.74) is 1.73. The zero-order chi connectivity index (χ0) is 14.7. The van der Waals surface area contributed by atoms with Crippen LogP contribution in [0.15, 0.2) is 36.4 Å². The van der Waals surface area contributed by atoms with E-state index >= 15 is 0 Å². The molecule has 4 heteroatoms. The second kappa shape index (κ2) is 6.33. The maximum Gasteiger partial charge on any atom is 0.166 e. The molecule has 20 heavy (non-hydrogen) atoms. The van der Waals surface area contributed by atoms with E-state index in [4.69, 9.17) is 11.6 Å². The smallest absolute Gasteiger partial charge is 0.166 e. The minimum absolute atomic E-state index is 0.110. The standard InChI is InChI=1S/C16H16ClF2N/c1-3-20-10(2)12-8-7-11(9-14(12)17)13-5-4-6-15(18)16(13)19/h4-10,20H,3H2,1-2H3. The van der Waals surface area contributed by atoms with Crippen LogP contribution in [0.4, 0.5) is 8.78 Å². The lowest BCUT2D eigenvalue weighted by Gasteiger charge is -2.15. The van der Waals surface area contributed by atoms with Crippen LogP contribution >= 0.6 is 11.6 Å². The fourth-order valence-electron chi connectivity index (χ4n) is 2.19. The van der Waals surface area contributed by atoms with Gasteiger partial charge in [-0.3, -0.25) is 0 Å². The summed E-state index contributed by atoms with van der Waals surface area (Å²) >= 11 is 6.25. The molecule has 0 aliphatic heterocycles. The van der Waals surface area contributed by atoms with Crippen LogP contribution in [0.25, 0.3) is 11.1 Å². The van der Waals surface area contributed by atoms with Gasteiger partial charge in [0.25, 0.3) is 0 Å². The van der Waals surface area contributed by atoms with Crippen LogP contribution in [0.2, 0.25) is 5.02 Å². The quantitative estimate of drug-likeness (QED) is 0.841. The zero-order valence-corrected chi connectivity index (χ0v) is 12.1. The third-order valence-corrected chi connectivity index (χ3v) is 3.57. The van der Waals surface area contributed by atoms with Gasteiger partial charge in [-0.1, -0.05) is 42.8 Å². The van der Waals surface area contributed by atoms with Gasteiger partial charge >= 0.3 is 0 Å². The van der Waals surface area contributed by atoms with Gasteiger partial charge in [-0.15, -0.1) is 0 Å². The van der Waals surface area contributed by atoms with Gasteiger partial charge < -0.3 is 5.32 Å². The topological polar surface area (TPSA) is 12.0 Å². The first-order chi connectivity index (χ1) is 9.54. The van der Waals surface area contributed by atoms with Crippen molar-refractivity contribution in [2.24, 2.45) is 0 Å². The molecule has 0 bridgehead atoms. The third kappa shape index (κ3) is 3.00. The van der Waals surface area contributed by atoms with Gasteiger partial charge in [0.05, 0.1) is 0 Å². The third-order valence-electron chi connectivity index (χ3n) is 3.24. The van der Waals surface area contributed by atoms with Gasteiger partial charge in [-0.2, -0.15) is 0 Å². The van der Waals surface area contributed by atoms with E-state index in [0.717, 1.165) is 18.2 Å². The highest BCUT2D eigenvalue weighted by Gasteiger charge is 2.13. The summed E-state index contributed by atoms with van der Waals surface area (Å²) in [6.07, 6.45) is 0. The summed E-state index contributed by atoms with van der Waals surface area (Å²) in [5, 5.41) is 3.81. The molecular weight excluding hydrogens is 280 g/mol. The Kier molecular flexibility index (Phi) is 4.73. The number of benzene rings is 2. The Morgan fingerprint density at radius 3 is 2.60 bits per heavy atom. The van der Waals surface area contributed by atoms with Crippen LogP contribution < -0.4 is 5.32 Å². The predicted octanol–water partition coefficient (Wildman–Crippen LogP) is 4.96. The molecule has 1 atom stereocenters. The summed E-state index contributed by atoms with van der Waals surface area (Å²) in [5.74, 6) is -1.71. The number of hydrogen-bond acceptors (Lipinski definition) is 1. The van der Waals surface area contributed by atoms with Gasteiger partial charge in [-0.05, 0) is 36.7 Å². The first-order valence-corrected chi connectivity index (χ1v) is 6.89. The van der Waals surface area contributed by atoms with Crippen molar-refractivity contribution >= 4 is 11.6 Å². The molecule has 0 saturated carbocycles. The molecule has 2 aromatic carbocycles. The Hall–Kier alpha value is -1.45. The van der Waals surface area contributed by atoms with E-state index in [9.17, 15) is 8.78 Å². The Labute approximate surface area is 122 Å². The van der Waals surface area contributed by atoms with Gasteiger partial charge in [0, 0.05) is 16.6 Å². The average Bonchev–Trinajstić information content (AvgIpc) is 2.42. The van der Waals surface area contributed by atoms with E-state index in [1.54, 1.807) is 12.1 Å². The van der Waals surface area contributed by atoms with E-state index in [-0.39, 0.29) is 11.6 Å². The van der Waals surface area contributed by atoms with Crippen molar-refractivity contribution in [2.45, 2.75) is 19.9 Å². The van der Waals surface area contributed by atoms with Crippen molar-refractivity contribution in [3.63, 3.8) is 0 Å². The second-order valence-corrected chi connectivity index (χ2v) is 5.02. The first kappa shape index (κ1) is 14.9. The van der Waals surface area contributed by atoms with E-state index < -0.39 is 11.6 Å². The molecule has 0 aromatic heterocycles. The minimum atomic E-state index is -0.858. The lowest BCUT2D eigenvalue weighted by molar-refractivity contribution is 0.511. The predicted molar refractivity (Wildman–Crippen MR) is 78.9 cm³/mol. The Morgan fingerprint density at radius 2 is 1.95 bits per heavy atom. The molecule has 1 N–H and O–H groups in total. The molecule has 0 fully saturated rings. The Morgan fingerprint density at radius 1 is 1.20 bits per heavy atom. The minimum Gasteiger partial charge on any atom is -0.310 e. The Bertz CT molecular complexity index is 613. The van der Waals surface area contributed by atoms with Gasteiger partial charge in [-0.25, -0.2) is 8.78 Å².